The Kier molecular flexibility index (Phi) is 6.87. The third-order valence-electron chi connectivity index (χ3n) is 6.36. The van der Waals surface area contributed by atoms with Crippen LogP contribution in [0.4, 0.5) is 22.7 Å². The molecule has 3 aromatic carbocycles. The number of carbonyl (C=O) groups is 2. The van der Waals surface area contributed by atoms with Gasteiger partial charge in [-0.2, -0.15) is 5.10 Å². The van der Waals surface area contributed by atoms with Crippen LogP contribution in [0.2, 0.25) is 0 Å². The van der Waals surface area contributed by atoms with E-state index in [-0.39, 0.29) is 17.7 Å². The zero-order valence-corrected chi connectivity index (χ0v) is 20.2. The molecule has 5 N–H and O–H groups in total. The van der Waals surface area contributed by atoms with E-state index in [2.05, 4.69) is 20.6 Å². The Labute approximate surface area is 214 Å². The highest BCUT2D eigenvalue weighted by Crippen LogP contribution is 2.23. The van der Waals surface area contributed by atoms with E-state index in [1.54, 1.807) is 16.9 Å². The van der Waals surface area contributed by atoms with Crippen LogP contribution >= 0.6 is 0 Å². The van der Waals surface area contributed by atoms with Crippen LogP contribution in [0.25, 0.3) is 5.69 Å². The number of anilines is 4. The molecule has 0 atom stereocenters. The van der Waals surface area contributed by atoms with Crippen LogP contribution in [0, 0.1) is 0 Å². The van der Waals surface area contributed by atoms with E-state index in [1.807, 2.05) is 72.8 Å². The maximum Gasteiger partial charge on any atom is 0.269 e. The number of amides is 2. The first-order chi connectivity index (χ1) is 17.9. The fourth-order valence-corrected chi connectivity index (χ4v) is 4.25. The predicted molar refractivity (Wildman–Crippen MR) is 144 cm³/mol. The summed E-state index contributed by atoms with van der Waals surface area (Å²) >= 11 is 0. The fraction of sp³-hybridized carbons (Fsp3) is 0.179. The van der Waals surface area contributed by atoms with Crippen molar-refractivity contribution in [3.63, 3.8) is 0 Å². The molecule has 1 aliphatic rings. The number of piperidine rings is 1. The van der Waals surface area contributed by atoms with E-state index in [0.29, 0.717) is 11.3 Å². The summed E-state index contributed by atoms with van der Waals surface area (Å²) in [5.41, 5.74) is 10.4. The Morgan fingerprint density at radius 3 is 1.97 bits per heavy atom. The van der Waals surface area contributed by atoms with E-state index in [9.17, 15) is 14.7 Å². The van der Waals surface area contributed by atoms with Crippen molar-refractivity contribution < 1.29 is 14.7 Å². The molecule has 2 amide bonds. The fourth-order valence-electron chi connectivity index (χ4n) is 4.25. The summed E-state index contributed by atoms with van der Waals surface area (Å²) in [6.07, 6.45) is 3.01. The molecule has 0 radical (unpaired) electrons. The summed E-state index contributed by atoms with van der Waals surface area (Å²) in [4.78, 5) is 26.2. The zero-order chi connectivity index (χ0) is 25.8. The molecular formula is C28H28N6O3. The first kappa shape index (κ1) is 24.1. The van der Waals surface area contributed by atoms with Crippen molar-refractivity contribution in [3.8, 4) is 5.69 Å². The average molecular weight is 497 g/mol. The second-order valence-corrected chi connectivity index (χ2v) is 8.98. The number of primary amides is 1. The quantitative estimate of drug-likeness (QED) is 0.307. The number of benzene rings is 3. The van der Waals surface area contributed by atoms with E-state index in [1.165, 1.54) is 0 Å². The third-order valence-corrected chi connectivity index (χ3v) is 6.36. The molecule has 1 fully saturated rings. The number of nitrogens with one attached hydrogen (secondary N) is 2. The summed E-state index contributed by atoms with van der Waals surface area (Å²) in [6, 6.07) is 24.2. The molecule has 0 saturated carbocycles. The van der Waals surface area contributed by atoms with E-state index in [0.717, 1.165) is 48.7 Å². The van der Waals surface area contributed by atoms with Gasteiger partial charge in [-0.1, -0.05) is 0 Å². The minimum Gasteiger partial charge on any atom is -0.393 e. The summed E-state index contributed by atoms with van der Waals surface area (Å²) < 4.78 is 1.59. The molecule has 0 aliphatic carbocycles. The Morgan fingerprint density at radius 1 is 0.811 bits per heavy atom. The lowest BCUT2D eigenvalue weighted by Gasteiger charge is -2.31. The Hall–Kier alpha value is -4.63. The Morgan fingerprint density at radius 2 is 1.38 bits per heavy atom. The minimum absolute atomic E-state index is 0.171. The monoisotopic (exact) mass is 496 g/mol. The lowest BCUT2D eigenvalue weighted by Crippen LogP contribution is -2.35. The van der Waals surface area contributed by atoms with Crippen LogP contribution in [-0.2, 0) is 0 Å². The molecule has 1 saturated heterocycles. The lowest BCUT2D eigenvalue weighted by atomic mass is 10.1. The number of nitrogens with zero attached hydrogens (tertiary/aromatic N) is 3. The normalized spacial score (nSPS) is 13.8. The van der Waals surface area contributed by atoms with Gasteiger partial charge in [0.15, 0.2) is 0 Å². The van der Waals surface area contributed by atoms with Crippen LogP contribution in [0.15, 0.2) is 85.1 Å². The van der Waals surface area contributed by atoms with Crippen LogP contribution < -0.4 is 21.3 Å². The molecule has 0 unspecified atom stereocenters. The molecular weight excluding hydrogens is 468 g/mol. The number of carbonyl (C=O) groups excluding carboxylic acids is 2. The Balaban J connectivity index is 1.16. The van der Waals surface area contributed by atoms with Gasteiger partial charge in [-0.25, -0.2) is 4.68 Å². The molecule has 37 heavy (non-hydrogen) atoms. The SMILES string of the molecule is NC(=O)c1ccn(-c2ccc(Nc3ccc(NC(=O)c4ccc(N5CCC(O)CC5)cc4)cc3)cc2)n1. The van der Waals surface area contributed by atoms with Gasteiger partial charge in [0.2, 0.25) is 0 Å². The van der Waals surface area contributed by atoms with Gasteiger partial charge >= 0.3 is 0 Å². The van der Waals surface area contributed by atoms with Gasteiger partial charge < -0.3 is 26.4 Å². The molecule has 188 valence electrons. The largest absolute Gasteiger partial charge is 0.393 e. The van der Waals surface area contributed by atoms with Crippen molar-refractivity contribution in [1.29, 1.82) is 0 Å². The molecule has 0 bridgehead atoms. The topological polar surface area (TPSA) is 126 Å². The first-order valence-electron chi connectivity index (χ1n) is 12.1. The number of aliphatic hydroxyl groups is 1. The van der Waals surface area contributed by atoms with Gasteiger partial charge in [0.05, 0.1) is 11.8 Å². The molecule has 0 spiro atoms. The van der Waals surface area contributed by atoms with Gasteiger partial charge in [0.25, 0.3) is 11.8 Å². The lowest BCUT2D eigenvalue weighted by molar-refractivity contribution is 0.0993. The number of rotatable bonds is 7. The maximum atomic E-state index is 12.7. The van der Waals surface area contributed by atoms with Crippen molar-refractivity contribution in [2.45, 2.75) is 18.9 Å². The average Bonchev–Trinajstić information content (AvgIpc) is 3.42. The Bertz CT molecular complexity index is 1370. The number of aliphatic hydroxyl groups excluding tert-OH is 1. The van der Waals surface area contributed by atoms with Crippen LogP contribution in [-0.4, -0.2) is 45.9 Å². The molecule has 2 heterocycles. The summed E-state index contributed by atoms with van der Waals surface area (Å²) in [5.74, 6) is -0.736. The van der Waals surface area contributed by atoms with Gasteiger partial charge in [-0.05, 0) is 91.7 Å². The maximum absolute atomic E-state index is 12.7. The van der Waals surface area contributed by atoms with Gasteiger partial charge in [-0.15, -0.1) is 0 Å². The van der Waals surface area contributed by atoms with Crippen molar-refractivity contribution in [2.75, 3.05) is 28.6 Å². The van der Waals surface area contributed by atoms with Crippen LogP contribution in [0.3, 0.4) is 0 Å². The van der Waals surface area contributed by atoms with Crippen molar-refractivity contribution in [2.24, 2.45) is 5.73 Å². The standard InChI is InChI=1S/C28H28N6O3/c29-27(36)26-15-18-34(32-26)24-11-7-21(8-12-24)30-20-3-5-22(6-4-20)31-28(37)19-1-9-23(10-2-19)33-16-13-25(35)14-17-33/h1-12,15,18,25,30,35H,13-14,16-17H2,(H2,29,36)(H,31,37). The van der Waals surface area contributed by atoms with E-state index < -0.39 is 5.91 Å². The number of hydrogen-bond donors (Lipinski definition) is 4. The van der Waals surface area contributed by atoms with Gasteiger partial charge in [0, 0.05) is 47.6 Å². The van der Waals surface area contributed by atoms with Gasteiger partial charge in [0.1, 0.15) is 5.69 Å². The number of nitrogens with two attached hydrogens (primary N) is 1. The highest BCUT2D eigenvalue weighted by molar-refractivity contribution is 6.04. The second-order valence-electron chi connectivity index (χ2n) is 8.98. The first-order valence-corrected chi connectivity index (χ1v) is 12.1. The smallest absolute Gasteiger partial charge is 0.269 e. The second kappa shape index (κ2) is 10.5. The predicted octanol–water partition coefficient (Wildman–Crippen LogP) is 3.93. The van der Waals surface area contributed by atoms with Crippen LogP contribution in [0.5, 0.6) is 0 Å². The van der Waals surface area contributed by atoms with Crippen molar-refractivity contribution >= 4 is 34.6 Å². The summed E-state index contributed by atoms with van der Waals surface area (Å²) in [6.45, 7) is 1.64. The molecule has 5 rings (SSSR count). The molecule has 9 nitrogen and oxygen atoms in total. The minimum atomic E-state index is -0.565. The highest BCUT2D eigenvalue weighted by Gasteiger charge is 2.17. The molecule has 4 aromatic rings. The molecule has 1 aliphatic heterocycles. The third kappa shape index (κ3) is 5.79. The van der Waals surface area contributed by atoms with E-state index in [4.69, 9.17) is 5.73 Å². The number of hydrogen-bond acceptors (Lipinski definition) is 6. The highest BCUT2D eigenvalue weighted by atomic mass is 16.3. The van der Waals surface area contributed by atoms with Crippen LogP contribution in [0.1, 0.15) is 33.7 Å². The van der Waals surface area contributed by atoms with E-state index >= 15 is 0 Å². The van der Waals surface area contributed by atoms with Crippen molar-refractivity contribution in [3.05, 3.63) is 96.3 Å². The van der Waals surface area contributed by atoms with Crippen molar-refractivity contribution in [1.82, 2.24) is 9.78 Å². The summed E-state index contributed by atoms with van der Waals surface area (Å²) in [5, 5.41) is 20.1. The molecule has 1 aromatic heterocycles. The summed E-state index contributed by atoms with van der Waals surface area (Å²) in [7, 11) is 0. The number of aromatic nitrogens is 2. The zero-order valence-electron chi connectivity index (χ0n) is 20.2. The molecule has 9 heteroatoms. The van der Waals surface area contributed by atoms with Gasteiger partial charge in [-0.3, -0.25) is 9.59 Å².